The van der Waals surface area contributed by atoms with E-state index >= 15 is 0 Å². The predicted molar refractivity (Wildman–Crippen MR) is 118 cm³/mol. The highest BCUT2D eigenvalue weighted by Gasteiger charge is 2.46. The highest BCUT2D eigenvalue weighted by molar-refractivity contribution is 6.77. The Morgan fingerprint density at radius 2 is 1.64 bits per heavy atom. The third-order valence-electron chi connectivity index (χ3n) is 6.75. The fourth-order valence-corrected chi connectivity index (χ4v) is 11.0. The first-order valence-electron chi connectivity index (χ1n) is 10.9. The zero-order chi connectivity index (χ0) is 20.6. The van der Waals surface area contributed by atoms with Gasteiger partial charge in [0.05, 0.1) is 6.61 Å². The summed E-state index contributed by atoms with van der Waals surface area (Å²) in [7, 11) is -1.83. The van der Waals surface area contributed by atoms with Gasteiger partial charge in [0.2, 0.25) is 14.6 Å². The largest absolute Gasteiger partial charge is 0.412 e. The second-order valence-corrected chi connectivity index (χ2v) is 14.9. The standard InChI is InChI=1S/C23H38N3OSi/c1-16(2)28(17(3)4,18(5)6)27-14-21-12-13-22-24-26(15-25(21)22)23-19(7)10-9-11-20(23)8/h9-11,15-18,21H,12-14H2,1-8H3/q+1/t21-/m0/s1. The van der Waals surface area contributed by atoms with E-state index < -0.39 is 8.32 Å². The zero-order valence-electron chi connectivity index (χ0n) is 19.0. The average molecular weight is 401 g/mol. The van der Waals surface area contributed by atoms with E-state index in [4.69, 9.17) is 9.52 Å². The molecule has 4 nitrogen and oxygen atoms in total. The molecule has 2 heterocycles. The monoisotopic (exact) mass is 400 g/mol. The first-order valence-corrected chi connectivity index (χ1v) is 13.0. The first kappa shape index (κ1) is 21.3. The van der Waals surface area contributed by atoms with Crippen molar-refractivity contribution in [3.63, 3.8) is 0 Å². The Bertz CT molecular complexity index is 783. The van der Waals surface area contributed by atoms with Gasteiger partial charge in [0.15, 0.2) is 0 Å². The van der Waals surface area contributed by atoms with Crippen LogP contribution < -0.4 is 4.57 Å². The van der Waals surface area contributed by atoms with Crippen molar-refractivity contribution >= 4 is 8.32 Å². The maximum atomic E-state index is 6.90. The molecule has 0 aliphatic carbocycles. The Labute approximate surface area is 172 Å². The maximum absolute atomic E-state index is 6.90. The number of aryl methyl sites for hydroxylation is 3. The van der Waals surface area contributed by atoms with Gasteiger partial charge in [-0.1, -0.05) is 64.4 Å². The van der Waals surface area contributed by atoms with Crippen molar-refractivity contribution in [3.05, 3.63) is 41.5 Å². The Kier molecular flexibility index (Phi) is 6.16. The summed E-state index contributed by atoms with van der Waals surface area (Å²) in [5.74, 6) is 1.18. The van der Waals surface area contributed by atoms with Gasteiger partial charge in [-0.2, -0.15) is 0 Å². The zero-order valence-corrected chi connectivity index (χ0v) is 20.0. The molecular formula is C23H38N3OSi+. The van der Waals surface area contributed by atoms with Gasteiger partial charge >= 0.3 is 0 Å². The molecule has 5 heteroatoms. The number of rotatable bonds is 7. The van der Waals surface area contributed by atoms with Crippen molar-refractivity contribution in [2.24, 2.45) is 0 Å². The van der Waals surface area contributed by atoms with Crippen molar-refractivity contribution in [2.75, 3.05) is 6.61 Å². The van der Waals surface area contributed by atoms with Gasteiger partial charge < -0.3 is 4.43 Å². The number of para-hydroxylation sites is 1. The topological polar surface area (TPSA) is 30.9 Å². The molecule has 154 valence electrons. The van der Waals surface area contributed by atoms with Crippen LogP contribution in [-0.2, 0) is 10.8 Å². The van der Waals surface area contributed by atoms with E-state index in [1.165, 1.54) is 22.6 Å². The summed E-state index contributed by atoms with van der Waals surface area (Å²) < 4.78 is 11.3. The quantitative estimate of drug-likeness (QED) is 0.457. The molecule has 0 radical (unpaired) electrons. The fraction of sp³-hybridized carbons (Fsp3) is 0.652. The second kappa shape index (κ2) is 8.11. The molecule has 0 spiro atoms. The second-order valence-electron chi connectivity index (χ2n) is 9.45. The van der Waals surface area contributed by atoms with Crippen LogP contribution in [0.2, 0.25) is 16.6 Å². The molecule has 1 aliphatic rings. The third kappa shape index (κ3) is 3.59. The molecule has 28 heavy (non-hydrogen) atoms. The lowest BCUT2D eigenvalue weighted by Gasteiger charge is -2.42. The number of aromatic nitrogens is 3. The summed E-state index contributed by atoms with van der Waals surface area (Å²) in [4.78, 5) is 0. The number of nitrogens with zero attached hydrogens (tertiary/aromatic N) is 3. The molecule has 1 aromatic carbocycles. The molecule has 0 fully saturated rings. The summed E-state index contributed by atoms with van der Waals surface area (Å²) in [5.41, 5.74) is 5.60. The molecule has 0 bridgehead atoms. The van der Waals surface area contributed by atoms with Gasteiger partial charge in [-0.15, -0.1) is 0 Å². The van der Waals surface area contributed by atoms with Crippen LogP contribution in [0.3, 0.4) is 0 Å². The minimum Gasteiger partial charge on any atom is -0.412 e. The molecule has 3 rings (SSSR count). The van der Waals surface area contributed by atoms with Crippen LogP contribution in [0.4, 0.5) is 0 Å². The van der Waals surface area contributed by atoms with Crippen LogP contribution in [0.1, 0.15) is 71.0 Å². The molecular weight excluding hydrogens is 362 g/mol. The van der Waals surface area contributed by atoms with E-state index in [1.54, 1.807) is 0 Å². The number of hydrogen-bond donors (Lipinski definition) is 0. The Balaban J connectivity index is 1.84. The van der Waals surface area contributed by atoms with Gasteiger partial charge in [-0.25, -0.2) is 4.57 Å². The van der Waals surface area contributed by atoms with Gasteiger partial charge in [-0.3, -0.25) is 0 Å². The molecule has 1 aliphatic heterocycles. The lowest BCUT2D eigenvalue weighted by molar-refractivity contribution is -0.718. The summed E-state index contributed by atoms with van der Waals surface area (Å²) in [6, 6.07) is 6.84. The molecule has 0 N–H and O–H groups in total. The highest BCUT2D eigenvalue weighted by Crippen LogP contribution is 2.42. The van der Waals surface area contributed by atoms with Crippen LogP contribution >= 0.6 is 0 Å². The lowest BCUT2D eigenvalue weighted by atomic mass is 10.1. The average Bonchev–Trinajstić information content (AvgIpc) is 3.15. The molecule has 0 saturated carbocycles. The Morgan fingerprint density at radius 3 is 2.18 bits per heavy atom. The molecule has 0 unspecified atom stereocenters. The van der Waals surface area contributed by atoms with Crippen molar-refractivity contribution < 1.29 is 8.99 Å². The highest BCUT2D eigenvalue weighted by atomic mass is 28.4. The van der Waals surface area contributed by atoms with Crippen LogP contribution in [-0.4, -0.2) is 24.7 Å². The van der Waals surface area contributed by atoms with Gasteiger partial charge in [0, 0.05) is 11.5 Å². The minimum absolute atomic E-state index is 0.399. The number of hydrogen-bond acceptors (Lipinski definition) is 2. The third-order valence-corrected chi connectivity index (χ3v) is 12.8. The van der Waals surface area contributed by atoms with E-state index in [0.717, 1.165) is 19.4 Å². The van der Waals surface area contributed by atoms with Crippen molar-refractivity contribution in [1.29, 1.82) is 0 Å². The van der Waals surface area contributed by atoms with E-state index in [2.05, 4.69) is 89.2 Å². The Morgan fingerprint density at radius 1 is 1.07 bits per heavy atom. The van der Waals surface area contributed by atoms with Crippen LogP contribution in [0.25, 0.3) is 5.69 Å². The SMILES string of the molecule is Cc1cccc(C)c1-n1c[n+]2c(n1)CC[C@H]2CO[Si](C(C)C)(C(C)C)C(C)C. The minimum atomic E-state index is -1.83. The molecule has 0 saturated heterocycles. The van der Waals surface area contributed by atoms with Crippen molar-refractivity contribution in [3.8, 4) is 5.69 Å². The van der Waals surface area contributed by atoms with Crippen molar-refractivity contribution in [1.82, 2.24) is 9.78 Å². The van der Waals surface area contributed by atoms with Crippen molar-refractivity contribution in [2.45, 2.75) is 90.9 Å². The van der Waals surface area contributed by atoms with E-state index in [9.17, 15) is 0 Å². The maximum Gasteiger partial charge on any atom is 0.278 e. The summed E-state index contributed by atoms with van der Waals surface area (Å²) in [6.45, 7) is 19.3. The fourth-order valence-electron chi connectivity index (χ4n) is 5.48. The summed E-state index contributed by atoms with van der Waals surface area (Å²) >= 11 is 0. The van der Waals surface area contributed by atoms with Crippen LogP contribution in [0.5, 0.6) is 0 Å². The van der Waals surface area contributed by atoms with E-state index in [-0.39, 0.29) is 0 Å². The molecule has 2 aromatic rings. The molecule has 0 amide bonds. The van der Waals surface area contributed by atoms with Gasteiger partial charge in [0.25, 0.3) is 5.82 Å². The smallest absolute Gasteiger partial charge is 0.278 e. The number of benzene rings is 1. The Hall–Kier alpha value is -1.46. The summed E-state index contributed by atoms with van der Waals surface area (Å²) in [5, 5.41) is 4.92. The summed E-state index contributed by atoms with van der Waals surface area (Å²) in [6.07, 6.45) is 4.36. The van der Waals surface area contributed by atoms with Crippen LogP contribution in [0, 0.1) is 13.8 Å². The normalized spacial score (nSPS) is 17.2. The van der Waals surface area contributed by atoms with Gasteiger partial charge in [-0.05, 0) is 48.0 Å². The van der Waals surface area contributed by atoms with Gasteiger partial charge in [0.1, 0.15) is 11.7 Å². The lowest BCUT2D eigenvalue weighted by Crippen LogP contribution is -2.50. The first-order chi connectivity index (χ1) is 13.2. The predicted octanol–water partition coefficient (Wildman–Crippen LogP) is 5.46. The number of fused-ring (bicyclic) bond motifs is 1. The molecule has 1 atom stereocenters. The van der Waals surface area contributed by atoms with E-state index in [0.29, 0.717) is 22.7 Å². The van der Waals surface area contributed by atoms with Crippen LogP contribution in [0.15, 0.2) is 24.5 Å². The molecule has 1 aromatic heterocycles. The van der Waals surface area contributed by atoms with E-state index in [1.807, 2.05) is 0 Å².